The molecule has 0 radical (unpaired) electrons. The van der Waals surface area contributed by atoms with Crippen LogP contribution in [0.5, 0.6) is 0 Å². The fraction of sp³-hybridized carbons (Fsp3) is 0.176. The van der Waals surface area contributed by atoms with Crippen LogP contribution in [0.25, 0.3) is 0 Å². The van der Waals surface area contributed by atoms with Gasteiger partial charge in [-0.15, -0.1) is 0 Å². The Labute approximate surface area is 128 Å². The van der Waals surface area contributed by atoms with Crippen LogP contribution in [-0.4, -0.2) is 17.9 Å². The first-order chi connectivity index (χ1) is 10.5. The van der Waals surface area contributed by atoms with Crippen LogP contribution in [0.4, 0.5) is 4.39 Å². The summed E-state index contributed by atoms with van der Waals surface area (Å²) in [6.45, 7) is 1.93. The minimum absolute atomic E-state index is 0.275. The van der Waals surface area contributed by atoms with E-state index >= 15 is 0 Å². The molecule has 0 fully saturated rings. The first-order valence-electron chi connectivity index (χ1n) is 6.87. The Hall–Kier alpha value is -2.69. The standard InChI is InChI=1S/C17H17FN2O2/c1-11-4-2-3-5-13(11)10-15(16(19)21)20-17(22)12-6-8-14(18)9-7-12/h2-9,15H,10H2,1H3,(H2,19,21)(H,20,22)/t15-/m0/s1. The summed E-state index contributed by atoms with van der Waals surface area (Å²) >= 11 is 0. The van der Waals surface area contributed by atoms with Crippen LogP contribution < -0.4 is 11.1 Å². The maximum atomic E-state index is 12.9. The first kappa shape index (κ1) is 15.7. The Kier molecular flexibility index (Phi) is 4.88. The van der Waals surface area contributed by atoms with Crippen LogP contribution in [0.3, 0.4) is 0 Å². The molecule has 1 atom stereocenters. The summed E-state index contributed by atoms with van der Waals surface area (Å²) in [6, 6.07) is 11.8. The second kappa shape index (κ2) is 6.85. The van der Waals surface area contributed by atoms with Crippen molar-refractivity contribution in [3.63, 3.8) is 0 Å². The van der Waals surface area contributed by atoms with Crippen molar-refractivity contribution in [2.45, 2.75) is 19.4 Å². The van der Waals surface area contributed by atoms with E-state index in [0.29, 0.717) is 6.42 Å². The Bertz CT molecular complexity index is 683. The largest absolute Gasteiger partial charge is 0.368 e. The van der Waals surface area contributed by atoms with Gasteiger partial charge < -0.3 is 11.1 Å². The summed E-state index contributed by atoms with van der Waals surface area (Å²) in [6.07, 6.45) is 0.314. The van der Waals surface area contributed by atoms with Gasteiger partial charge in [0, 0.05) is 12.0 Å². The van der Waals surface area contributed by atoms with Crippen LogP contribution >= 0.6 is 0 Å². The molecule has 0 saturated heterocycles. The minimum Gasteiger partial charge on any atom is -0.368 e. The van der Waals surface area contributed by atoms with Crippen molar-refractivity contribution in [3.05, 3.63) is 71.0 Å². The Morgan fingerprint density at radius 2 is 1.77 bits per heavy atom. The van der Waals surface area contributed by atoms with Crippen molar-refractivity contribution in [2.24, 2.45) is 5.73 Å². The fourth-order valence-corrected chi connectivity index (χ4v) is 2.12. The summed E-state index contributed by atoms with van der Waals surface area (Å²) in [5.74, 6) is -1.50. The quantitative estimate of drug-likeness (QED) is 0.886. The Morgan fingerprint density at radius 3 is 2.36 bits per heavy atom. The molecule has 3 N–H and O–H groups in total. The fourth-order valence-electron chi connectivity index (χ4n) is 2.12. The number of primary amides is 1. The van der Waals surface area contributed by atoms with E-state index < -0.39 is 23.7 Å². The zero-order valence-corrected chi connectivity index (χ0v) is 12.2. The number of nitrogens with one attached hydrogen (secondary N) is 1. The van der Waals surface area contributed by atoms with Crippen molar-refractivity contribution in [1.82, 2.24) is 5.32 Å². The number of rotatable bonds is 5. The van der Waals surface area contributed by atoms with Gasteiger partial charge in [0.15, 0.2) is 0 Å². The average Bonchev–Trinajstić information content (AvgIpc) is 2.49. The van der Waals surface area contributed by atoms with Crippen molar-refractivity contribution in [3.8, 4) is 0 Å². The lowest BCUT2D eigenvalue weighted by Gasteiger charge is -2.17. The molecular formula is C17H17FN2O2. The highest BCUT2D eigenvalue weighted by molar-refractivity contribution is 5.97. The van der Waals surface area contributed by atoms with Gasteiger partial charge in [-0.2, -0.15) is 0 Å². The second-order valence-corrected chi connectivity index (χ2v) is 5.07. The number of carbonyl (C=O) groups excluding carboxylic acids is 2. The lowest BCUT2D eigenvalue weighted by molar-refractivity contribution is -0.119. The van der Waals surface area contributed by atoms with Crippen molar-refractivity contribution in [2.75, 3.05) is 0 Å². The van der Waals surface area contributed by atoms with Gasteiger partial charge in [-0.25, -0.2) is 4.39 Å². The summed E-state index contributed by atoms with van der Waals surface area (Å²) in [7, 11) is 0. The number of amides is 2. The SMILES string of the molecule is Cc1ccccc1C[C@H](NC(=O)c1ccc(F)cc1)C(N)=O. The molecule has 0 spiro atoms. The van der Waals surface area contributed by atoms with Crippen LogP contribution in [0, 0.1) is 12.7 Å². The lowest BCUT2D eigenvalue weighted by Crippen LogP contribution is -2.46. The van der Waals surface area contributed by atoms with Crippen LogP contribution in [0.1, 0.15) is 21.5 Å². The van der Waals surface area contributed by atoms with Crippen molar-refractivity contribution >= 4 is 11.8 Å². The summed E-state index contributed by atoms with van der Waals surface area (Å²) < 4.78 is 12.9. The number of hydrogen-bond donors (Lipinski definition) is 2. The van der Waals surface area contributed by atoms with Gasteiger partial charge in [0.05, 0.1) is 0 Å². The number of aryl methyl sites for hydroxylation is 1. The van der Waals surface area contributed by atoms with E-state index in [2.05, 4.69) is 5.32 Å². The van der Waals surface area contributed by atoms with Crippen LogP contribution in [0.15, 0.2) is 48.5 Å². The third kappa shape index (κ3) is 3.91. The molecule has 114 valence electrons. The topological polar surface area (TPSA) is 72.2 Å². The molecular weight excluding hydrogens is 283 g/mol. The number of hydrogen-bond acceptors (Lipinski definition) is 2. The number of halogens is 1. The van der Waals surface area contributed by atoms with Gasteiger partial charge >= 0.3 is 0 Å². The zero-order valence-electron chi connectivity index (χ0n) is 12.2. The molecule has 2 rings (SSSR count). The monoisotopic (exact) mass is 300 g/mol. The lowest BCUT2D eigenvalue weighted by atomic mass is 10.0. The van der Waals surface area contributed by atoms with Crippen LogP contribution in [-0.2, 0) is 11.2 Å². The van der Waals surface area contributed by atoms with Gasteiger partial charge in [-0.05, 0) is 42.3 Å². The van der Waals surface area contributed by atoms with Gasteiger partial charge in [0.25, 0.3) is 5.91 Å². The van der Waals surface area contributed by atoms with Gasteiger partial charge in [-0.1, -0.05) is 24.3 Å². The van der Waals surface area contributed by atoms with Gasteiger partial charge in [0.1, 0.15) is 11.9 Å². The molecule has 0 aliphatic heterocycles. The molecule has 2 amide bonds. The van der Waals surface area contributed by atoms with Crippen molar-refractivity contribution in [1.29, 1.82) is 0 Å². The van der Waals surface area contributed by atoms with E-state index in [9.17, 15) is 14.0 Å². The number of carbonyl (C=O) groups is 2. The van der Waals surface area contributed by atoms with Gasteiger partial charge in [0.2, 0.25) is 5.91 Å². The smallest absolute Gasteiger partial charge is 0.251 e. The maximum absolute atomic E-state index is 12.9. The molecule has 0 aliphatic carbocycles. The Morgan fingerprint density at radius 1 is 1.14 bits per heavy atom. The van der Waals surface area contributed by atoms with E-state index in [-0.39, 0.29) is 5.56 Å². The van der Waals surface area contributed by atoms with E-state index in [4.69, 9.17) is 5.73 Å². The molecule has 0 saturated carbocycles. The molecule has 0 unspecified atom stereocenters. The highest BCUT2D eigenvalue weighted by atomic mass is 19.1. The molecule has 22 heavy (non-hydrogen) atoms. The maximum Gasteiger partial charge on any atom is 0.251 e. The van der Waals surface area contributed by atoms with Crippen LogP contribution in [0.2, 0.25) is 0 Å². The number of nitrogens with two attached hydrogens (primary N) is 1. The molecule has 2 aromatic carbocycles. The molecule has 0 aromatic heterocycles. The number of benzene rings is 2. The third-order valence-electron chi connectivity index (χ3n) is 3.44. The van der Waals surface area contributed by atoms with E-state index in [0.717, 1.165) is 11.1 Å². The average molecular weight is 300 g/mol. The predicted molar refractivity (Wildman–Crippen MR) is 81.7 cm³/mol. The van der Waals surface area contributed by atoms with Gasteiger partial charge in [-0.3, -0.25) is 9.59 Å². The highest BCUT2D eigenvalue weighted by Gasteiger charge is 2.20. The predicted octanol–water partition coefficient (Wildman–Crippen LogP) is 1.96. The molecule has 5 heteroatoms. The molecule has 0 heterocycles. The molecule has 4 nitrogen and oxygen atoms in total. The summed E-state index contributed by atoms with van der Waals surface area (Å²) in [5.41, 5.74) is 7.60. The molecule has 0 bridgehead atoms. The van der Waals surface area contributed by atoms with Crippen molar-refractivity contribution < 1.29 is 14.0 Å². The minimum atomic E-state index is -0.821. The first-order valence-corrected chi connectivity index (χ1v) is 6.87. The zero-order chi connectivity index (χ0) is 16.1. The third-order valence-corrected chi connectivity index (χ3v) is 3.44. The molecule has 0 aliphatic rings. The summed E-state index contributed by atoms with van der Waals surface area (Å²) in [4.78, 5) is 23.7. The Balaban J connectivity index is 2.12. The van der Waals surface area contributed by atoms with E-state index in [1.54, 1.807) is 0 Å². The normalized spacial score (nSPS) is 11.7. The van der Waals surface area contributed by atoms with E-state index in [1.165, 1.54) is 24.3 Å². The van der Waals surface area contributed by atoms with E-state index in [1.807, 2.05) is 31.2 Å². The second-order valence-electron chi connectivity index (χ2n) is 5.07. The molecule has 2 aromatic rings. The summed E-state index contributed by atoms with van der Waals surface area (Å²) in [5, 5.41) is 2.59. The highest BCUT2D eigenvalue weighted by Crippen LogP contribution is 2.10.